The molecule has 1 aliphatic heterocycles. The van der Waals surface area contributed by atoms with Gasteiger partial charge in [0, 0.05) is 25.2 Å². The van der Waals surface area contributed by atoms with Crippen molar-refractivity contribution in [1.29, 1.82) is 0 Å². The van der Waals surface area contributed by atoms with Gasteiger partial charge in [-0.15, -0.1) is 0 Å². The maximum atomic E-state index is 12.3. The SMILES string of the molecule is COc1cncc(OC2CCN(C(=O)Cn3ncccc3=O)C2)n1. The fourth-order valence-electron chi connectivity index (χ4n) is 2.44. The van der Waals surface area contributed by atoms with Gasteiger partial charge < -0.3 is 14.4 Å². The van der Waals surface area contributed by atoms with Crippen LogP contribution < -0.4 is 15.0 Å². The largest absolute Gasteiger partial charge is 0.480 e. The van der Waals surface area contributed by atoms with Crippen molar-refractivity contribution >= 4 is 5.91 Å². The molecule has 0 saturated carbocycles. The van der Waals surface area contributed by atoms with Gasteiger partial charge in [0.25, 0.3) is 5.56 Å². The Kier molecular flexibility index (Phi) is 4.69. The number of methoxy groups -OCH3 is 1. The molecule has 1 saturated heterocycles. The first-order valence-corrected chi connectivity index (χ1v) is 7.48. The molecule has 24 heavy (non-hydrogen) atoms. The van der Waals surface area contributed by atoms with Crippen molar-refractivity contribution in [1.82, 2.24) is 24.6 Å². The van der Waals surface area contributed by atoms with Crippen LogP contribution in [0.25, 0.3) is 0 Å². The number of hydrogen-bond donors (Lipinski definition) is 0. The average Bonchev–Trinajstić information content (AvgIpc) is 3.06. The highest BCUT2D eigenvalue weighted by atomic mass is 16.5. The Morgan fingerprint density at radius 3 is 3.00 bits per heavy atom. The number of carbonyl (C=O) groups is 1. The van der Waals surface area contributed by atoms with E-state index >= 15 is 0 Å². The van der Waals surface area contributed by atoms with E-state index in [0.29, 0.717) is 31.3 Å². The van der Waals surface area contributed by atoms with Gasteiger partial charge in [-0.3, -0.25) is 14.6 Å². The Morgan fingerprint density at radius 1 is 1.38 bits per heavy atom. The van der Waals surface area contributed by atoms with E-state index in [4.69, 9.17) is 9.47 Å². The van der Waals surface area contributed by atoms with Gasteiger partial charge in [0.15, 0.2) is 0 Å². The molecule has 9 nitrogen and oxygen atoms in total. The van der Waals surface area contributed by atoms with E-state index in [1.807, 2.05) is 0 Å². The third-order valence-corrected chi connectivity index (χ3v) is 3.65. The van der Waals surface area contributed by atoms with Crippen molar-refractivity contribution in [2.75, 3.05) is 20.2 Å². The lowest BCUT2D eigenvalue weighted by atomic mass is 10.3. The third kappa shape index (κ3) is 3.67. The molecule has 0 aliphatic carbocycles. The Labute approximate surface area is 137 Å². The normalized spacial score (nSPS) is 16.9. The van der Waals surface area contributed by atoms with Crippen molar-refractivity contribution in [2.24, 2.45) is 0 Å². The Balaban J connectivity index is 1.57. The molecule has 0 radical (unpaired) electrons. The van der Waals surface area contributed by atoms with Crippen LogP contribution in [0.3, 0.4) is 0 Å². The molecule has 0 spiro atoms. The molecule has 2 aromatic heterocycles. The molecule has 0 N–H and O–H groups in total. The van der Waals surface area contributed by atoms with Crippen LogP contribution in [0.2, 0.25) is 0 Å². The van der Waals surface area contributed by atoms with Gasteiger partial charge in [0.2, 0.25) is 17.7 Å². The zero-order valence-electron chi connectivity index (χ0n) is 13.2. The molecular formula is C15H17N5O4. The molecule has 1 amide bonds. The summed E-state index contributed by atoms with van der Waals surface area (Å²) in [7, 11) is 1.50. The van der Waals surface area contributed by atoms with E-state index in [1.165, 1.54) is 37.8 Å². The maximum absolute atomic E-state index is 12.3. The summed E-state index contributed by atoms with van der Waals surface area (Å²) in [5, 5.41) is 3.89. The standard InChI is InChI=1S/C15H17N5O4/c1-23-12-7-16-8-13(18-12)24-11-4-6-19(9-11)15(22)10-20-14(21)3-2-5-17-20/h2-3,5,7-8,11H,4,6,9-10H2,1H3. The summed E-state index contributed by atoms with van der Waals surface area (Å²) in [6, 6.07) is 2.91. The van der Waals surface area contributed by atoms with E-state index in [1.54, 1.807) is 4.90 Å². The first kappa shape index (κ1) is 15.9. The van der Waals surface area contributed by atoms with Crippen LogP contribution in [0.15, 0.2) is 35.5 Å². The predicted octanol–water partition coefficient (Wildman–Crippen LogP) is -0.278. The molecule has 2 aromatic rings. The lowest BCUT2D eigenvalue weighted by Crippen LogP contribution is -2.36. The van der Waals surface area contributed by atoms with Crippen LogP contribution in [0.5, 0.6) is 11.8 Å². The number of rotatable bonds is 5. The monoisotopic (exact) mass is 331 g/mol. The Morgan fingerprint density at radius 2 is 2.21 bits per heavy atom. The smallest absolute Gasteiger partial charge is 0.267 e. The third-order valence-electron chi connectivity index (χ3n) is 3.65. The average molecular weight is 331 g/mol. The number of nitrogens with zero attached hydrogens (tertiary/aromatic N) is 5. The lowest BCUT2D eigenvalue weighted by Gasteiger charge is -2.17. The number of likely N-dealkylation sites (tertiary alicyclic amines) is 1. The molecule has 1 atom stereocenters. The molecule has 0 aromatic carbocycles. The number of carbonyl (C=O) groups excluding carboxylic acids is 1. The van der Waals surface area contributed by atoms with Gasteiger partial charge in [-0.25, -0.2) is 4.68 Å². The minimum absolute atomic E-state index is 0.0780. The van der Waals surface area contributed by atoms with E-state index in [-0.39, 0.29) is 24.1 Å². The topological polar surface area (TPSA) is 99.4 Å². The summed E-state index contributed by atoms with van der Waals surface area (Å²) in [6.45, 7) is 0.910. The quantitative estimate of drug-likeness (QED) is 0.743. The van der Waals surface area contributed by atoms with Crippen LogP contribution in [0.1, 0.15) is 6.42 Å². The van der Waals surface area contributed by atoms with E-state index in [0.717, 1.165) is 4.68 Å². The Hall–Kier alpha value is -2.97. The van der Waals surface area contributed by atoms with Crippen LogP contribution in [-0.2, 0) is 11.3 Å². The van der Waals surface area contributed by atoms with Crippen LogP contribution in [0.4, 0.5) is 0 Å². The highest BCUT2D eigenvalue weighted by Gasteiger charge is 2.28. The lowest BCUT2D eigenvalue weighted by molar-refractivity contribution is -0.131. The number of ether oxygens (including phenoxy) is 2. The first-order chi connectivity index (χ1) is 11.7. The summed E-state index contributed by atoms with van der Waals surface area (Å²) in [5.41, 5.74) is -0.301. The minimum atomic E-state index is -0.301. The van der Waals surface area contributed by atoms with Gasteiger partial charge in [-0.1, -0.05) is 0 Å². The Bertz CT molecular complexity index is 778. The molecule has 0 bridgehead atoms. The fourth-order valence-corrected chi connectivity index (χ4v) is 2.44. The van der Waals surface area contributed by atoms with Crippen LogP contribution >= 0.6 is 0 Å². The maximum Gasteiger partial charge on any atom is 0.267 e. The van der Waals surface area contributed by atoms with Crippen molar-refractivity contribution in [3.63, 3.8) is 0 Å². The van der Waals surface area contributed by atoms with Gasteiger partial charge in [0.05, 0.1) is 26.0 Å². The van der Waals surface area contributed by atoms with Crippen molar-refractivity contribution in [2.45, 2.75) is 19.1 Å². The van der Waals surface area contributed by atoms with Gasteiger partial charge >= 0.3 is 0 Å². The number of hydrogen-bond acceptors (Lipinski definition) is 7. The molecule has 3 rings (SSSR count). The second kappa shape index (κ2) is 7.07. The molecule has 3 heterocycles. The zero-order chi connectivity index (χ0) is 16.9. The van der Waals surface area contributed by atoms with Crippen molar-refractivity contribution < 1.29 is 14.3 Å². The van der Waals surface area contributed by atoms with E-state index in [9.17, 15) is 9.59 Å². The minimum Gasteiger partial charge on any atom is -0.480 e. The second-order valence-electron chi connectivity index (χ2n) is 5.29. The highest BCUT2D eigenvalue weighted by Crippen LogP contribution is 2.18. The fraction of sp³-hybridized carbons (Fsp3) is 0.400. The first-order valence-electron chi connectivity index (χ1n) is 7.48. The van der Waals surface area contributed by atoms with E-state index < -0.39 is 0 Å². The number of aromatic nitrogens is 4. The van der Waals surface area contributed by atoms with Crippen molar-refractivity contribution in [3.05, 3.63) is 41.1 Å². The van der Waals surface area contributed by atoms with Gasteiger partial charge in [-0.2, -0.15) is 10.1 Å². The summed E-state index contributed by atoms with van der Waals surface area (Å²) >= 11 is 0. The van der Waals surface area contributed by atoms with Crippen molar-refractivity contribution in [3.8, 4) is 11.8 Å². The highest BCUT2D eigenvalue weighted by molar-refractivity contribution is 5.76. The summed E-state index contributed by atoms with van der Waals surface area (Å²) in [4.78, 5) is 33.7. The summed E-state index contributed by atoms with van der Waals surface area (Å²) in [6.07, 6.45) is 4.98. The summed E-state index contributed by atoms with van der Waals surface area (Å²) < 4.78 is 11.9. The van der Waals surface area contributed by atoms with Crippen LogP contribution in [-0.4, -0.2) is 56.9 Å². The molecule has 1 fully saturated rings. The summed E-state index contributed by atoms with van der Waals surface area (Å²) in [5.74, 6) is 0.557. The second-order valence-corrected chi connectivity index (χ2v) is 5.29. The van der Waals surface area contributed by atoms with Gasteiger partial charge in [0.1, 0.15) is 12.6 Å². The van der Waals surface area contributed by atoms with Gasteiger partial charge in [-0.05, 0) is 6.07 Å². The number of amides is 1. The van der Waals surface area contributed by atoms with E-state index in [2.05, 4.69) is 15.1 Å². The van der Waals surface area contributed by atoms with Crippen LogP contribution in [0, 0.1) is 0 Å². The molecule has 9 heteroatoms. The molecule has 1 unspecified atom stereocenters. The predicted molar refractivity (Wildman–Crippen MR) is 82.7 cm³/mol. The molecule has 126 valence electrons. The zero-order valence-corrected chi connectivity index (χ0v) is 13.2. The molecular weight excluding hydrogens is 314 g/mol. The molecule has 1 aliphatic rings.